The molecule has 1 aliphatic heterocycles. The van der Waals surface area contributed by atoms with E-state index in [2.05, 4.69) is 73.3 Å². The van der Waals surface area contributed by atoms with Crippen LogP contribution in [0.1, 0.15) is 36.5 Å². The third kappa shape index (κ3) is 3.36. The van der Waals surface area contributed by atoms with Crippen LogP contribution in [0.4, 0.5) is 0 Å². The van der Waals surface area contributed by atoms with E-state index in [1.807, 2.05) is 0 Å². The highest BCUT2D eigenvalue weighted by molar-refractivity contribution is 5.25. The number of hydrogen-bond donors (Lipinski definition) is 0. The van der Waals surface area contributed by atoms with Gasteiger partial charge in [0.25, 0.3) is 0 Å². The molecule has 0 atom stereocenters. The Morgan fingerprint density at radius 1 is 0.905 bits per heavy atom. The Bertz CT molecular complexity index is 563. The van der Waals surface area contributed by atoms with Crippen LogP contribution >= 0.6 is 0 Å². The molecule has 0 saturated carbocycles. The number of likely N-dealkylation sites (tertiary alicyclic amines) is 1. The number of piperidine rings is 1. The summed E-state index contributed by atoms with van der Waals surface area (Å²) in [5.41, 5.74) is 4.63. The summed E-state index contributed by atoms with van der Waals surface area (Å²) in [6, 6.07) is 20.0. The fourth-order valence-electron chi connectivity index (χ4n) is 3.29. The molecule has 21 heavy (non-hydrogen) atoms. The van der Waals surface area contributed by atoms with Crippen LogP contribution in [0.25, 0.3) is 0 Å². The first-order chi connectivity index (χ1) is 10.2. The first-order valence-electron chi connectivity index (χ1n) is 7.99. The highest BCUT2D eigenvalue weighted by Gasteiger charge is 2.31. The third-order valence-electron chi connectivity index (χ3n) is 4.96. The van der Waals surface area contributed by atoms with E-state index >= 15 is 0 Å². The molecule has 1 saturated heterocycles. The Morgan fingerprint density at radius 2 is 1.52 bits per heavy atom. The fraction of sp³-hybridized carbons (Fsp3) is 0.400. The monoisotopic (exact) mass is 279 g/mol. The van der Waals surface area contributed by atoms with Crippen LogP contribution in [0.2, 0.25) is 0 Å². The number of benzene rings is 2. The quantitative estimate of drug-likeness (QED) is 0.797. The topological polar surface area (TPSA) is 3.24 Å². The molecule has 1 fully saturated rings. The van der Waals surface area contributed by atoms with Crippen LogP contribution < -0.4 is 0 Å². The van der Waals surface area contributed by atoms with E-state index in [9.17, 15) is 0 Å². The maximum Gasteiger partial charge on any atom is 0.0233 e. The van der Waals surface area contributed by atoms with E-state index in [4.69, 9.17) is 0 Å². The van der Waals surface area contributed by atoms with E-state index in [1.165, 1.54) is 42.6 Å². The number of aryl methyl sites for hydroxylation is 1. The lowest BCUT2D eigenvalue weighted by atomic mass is 9.74. The Balaban J connectivity index is 1.61. The molecule has 0 amide bonds. The van der Waals surface area contributed by atoms with Gasteiger partial charge in [-0.25, -0.2) is 0 Å². The van der Waals surface area contributed by atoms with Gasteiger partial charge in [-0.1, -0.05) is 67.1 Å². The summed E-state index contributed by atoms with van der Waals surface area (Å²) >= 11 is 0. The molecule has 0 unspecified atom stereocenters. The molecule has 1 heterocycles. The molecule has 2 aromatic rings. The Kier molecular flexibility index (Phi) is 4.12. The first-order valence-corrected chi connectivity index (χ1v) is 7.99. The molecule has 1 aliphatic rings. The van der Waals surface area contributed by atoms with Gasteiger partial charge >= 0.3 is 0 Å². The van der Waals surface area contributed by atoms with E-state index in [1.54, 1.807) is 0 Å². The molecule has 0 spiro atoms. The minimum absolute atomic E-state index is 0.352. The van der Waals surface area contributed by atoms with Crippen molar-refractivity contribution >= 4 is 0 Å². The largest absolute Gasteiger partial charge is 0.299 e. The van der Waals surface area contributed by atoms with Crippen molar-refractivity contribution in [3.05, 3.63) is 71.3 Å². The lowest BCUT2D eigenvalue weighted by Gasteiger charge is -2.40. The predicted molar refractivity (Wildman–Crippen MR) is 89.5 cm³/mol. The molecule has 1 nitrogen and oxygen atoms in total. The van der Waals surface area contributed by atoms with E-state index < -0.39 is 0 Å². The lowest BCUT2D eigenvalue weighted by Crippen LogP contribution is -2.40. The van der Waals surface area contributed by atoms with Gasteiger partial charge in [-0.05, 0) is 49.4 Å². The van der Waals surface area contributed by atoms with Crippen LogP contribution in [-0.4, -0.2) is 18.0 Å². The maximum absolute atomic E-state index is 2.59. The van der Waals surface area contributed by atoms with Crippen LogP contribution in [0.3, 0.4) is 0 Å². The second kappa shape index (κ2) is 6.03. The predicted octanol–water partition coefficient (Wildman–Crippen LogP) is 4.55. The van der Waals surface area contributed by atoms with Gasteiger partial charge in [0.15, 0.2) is 0 Å². The maximum atomic E-state index is 2.59. The van der Waals surface area contributed by atoms with Crippen molar-refractivity contribution in [1.82, 2.24) is 4.90 Å². The average molecular weight is 279 g/mol. The van der Waals surface area contributed by atoms with Gasteiger partial charge in [0.1, 0.15) is 0 Å². The first kappa shape index (κ1) is 14.3. The molecule has 0 aromatic heterocycles. The zero-order valence-corrected chi connectivity index (χ0v) is 13.2. The molecule has 110 valence electrons. The Morgan fingerprint density at radius 3 is 2.14 bits per heavy atom. The smallest absolute Gasteiger partial charge is 0.0233 e. The normalized spacial score (nSPS) is 18.6. The van der Waals surface area contributed by atoms with Crippen molar-refractivity contribution in [3.63, 3.8) is 0 Å². The van der Waals surface area contributed by atoms with Gasteiger partial charge in [0.05, 0.1) is 0 Å². The van der Waals surface area contributed by atoms with Gasteiger partial charge in [0, 0.05) is 6.54 Å². The average Bonchev–Trinajstić information content (AvgIpc) is 2.53. The van der Waals surface area contributed by atoms with Crippen molar-refractivity contribution in [1.29, 1.82) is 0 Å². The molecule has 0 bridgehead atoms. The Labute approximate surface area is 128 Å². The summed E-state index contributed by atoms with van der Waals surface area (Å²) in [5.74, 6) is 0. The zero-order chi connectivity index (χ0) is 14.7. The SMILES string of the molecule is Cc1ccc(CN2CCC(C)(c3ccccc3)CC2)cc1. The summed E-state index contributed by atoms with van der Waals surface area (Å²) in [6.45, 7) is 8.05. The number of rotatable bonds is 3. The molecule has 2 aromatic carbocycles. The highest BCUT2D eigenvalue weighted by atomic mass is 15.1. The lowest BCUT2D eigenvalue weighted by molar-refractivity contribution is 0.162. The molecular formula is C20H25N. The summed E-state index contributed by atoms with van der Waals surface area (Å²) in [4.78, 5) is 2.59. The van der Waals surface area contributed by atoms with Gasteiger partial charge in [-0.3, -0.25) is 4.90 Å². The molecule has 1 heteroatoms. The molecule has 0 radical (unpaired) electrons. The van der Waals surface area contributed by atoms with Crippen LogP contribution in [0, 0.1) is 6.92 Å². The van der Waals surface area contributed by atoms with Crippen molar-refractivity contribution in [2.75, 3.05) is 13.1 Å². The minimum Gasteiger partial charge on any atom is -0.299 e. The van der Waals surface area contributed by atoms with Crippen LogP contribution in [0.15, 0.2) is 54.6 Å². The summed E-state index contributed by atoms with van der Waals surface area (Å²) < 4.78 is 0. The Hall–Kier alpha value is -1.60. The molecule has 0 aliphatic carbocycles. The van der Waals surface area contributed by atoms with Gasteiger partial charge in [0.2, 0.25) is 0 Å². The van der Waals surface area contributed by atoms with Gasteiger partial charge in [-0.15, -0.1) is 0 Å². The number of hydrogen-bond acceptors (Lipinski definition) is 1. The van der Waals surface area contributed by atoms with Crippen LogP contribution in [-0.2, 0) is 12.0 Å². The molecule has 3 rings (SSSR count). The summed E-state index contributed by atoms with van der Waals surface area (Å²) in [5, 5.41) is 0. The van der Waals surface area contributed by atoms with Crippen molar-refractivity contribution in [2.24, 2.45) is 0 Å². The van der Waals surface area contributed by atoms with Crippen molar-refractivity contribution in [3.8, 4) is 0 Å². The second-order valence-electron chi connectivity index (χ2n) is 6.69. The molecule has 0 N–H and O–H groups in total. The summed E-state index contributed by atoms with van der Waals surface area (Å²) in [6.07, 6.45) is 2.51. The van der Waals surface area contributed by atoms with E-state index in [0.717, 1.165) is 6.54 Å². The van der Waals surface area contributed by atoms with E-state index in [0.29, 0.717) is 5.41 Å². The second-order valence-corrected chi connectivity index (χ2v) is 6.69. The van der Waals surface area contributed by atoms with Gasteiger partial charge < -0.3 is 0 Å². The number of nitrogens with zero attached hydrogens (tertiary/aromatic N) is 1. The van der Waals surface area contributed by atoms with E-state index in [-0.39, 0.29) is 0 Å². The molecular weight excluding hydrogens is 254 g/mol. The van der Waals surface area contributed by atoms with Gasteiger partial charge in [-0.2, -0.15) is 0 Å². The minimum atomic E-state index is 0.352. The summed E-state index contributed by atoms with van der Waals surface area (Å²) in [7, 11) is 0. The fourth-order valence-corrected chi connectivity index (χ4v) is 3.29. The van der Waals surface area contributed by atoms with Crippen LogP contribution in [0.5, 0.6) is 0 Å². The van der Waals surface area contributed by atoms with Crippen molar-refractivity contribution in [2.45, 2.75) is 38.6 Å². The zero-order valence-electron chi connectivity index (χ0n) is 13.2. The van der Waals surface area contributed by atoms with Crippen molar-refractivity contribution < 1.29 is 0 Å². The highest BCUT2D eigenvalue weighted by Crippen LogP contribution is 2.35. The third-order valence-corrected chi connectivity index (χ3v) is 4.96. The standard InChI is InChI=1S/C20H25N/c1-17-8-10-18(11-9-17)16-21-14-12-20(2,13-15-21)19-6-4-3-5-7-19/h3-11H,12-16H2,1-2H3.